The summed E-state index contributed by atoms with van der Waals surface area (Å²) in [7, 11) is 0. The first-order valence-electron chi connectivity index (χ1n) is 12.9. The average Bonchev–Trinajstić information content (AvgIpc) is 3.52. The normalized spacial score (nSPS) is 11.8. The smallest absolute Gasteiger partial charge is 0.416 e. The van der Waals surface area contributed by atoms with Crippen LogP contribution in [0, 0.1) is 0 Å². The van der Waals surface area contributed by atoms with Crippen LogP contribution >= 0.6 is 11.6 Å². The number of aryl methyl sites for hydroxylation is 1. The van der Waals surface area contributed by atoms with E-state index in [0.717, 1.165) is 17.7 Å². The fourth-order valence-electron chi connectivity index (χ4n) is 4.36. The maximum Gasteiger partial charge on any atom is 0.416 e. The number of fused-ring (bicyclic) bond motifs is 1. The van der Waals surface area contributed by atoms with Gasteiger partial charge in [-0.15, -0.1) is 0 Å². The molecule has 41 heavy (non-hydrogen) atoms. The Balaban J connectivity index is 1.41. The van der Waals surface area contributed by atoms with Gasteiger partial charge in [0.05, 0.1) is 29.8 Å². The van der Waals surface area contributed by atoms with Gasteiger partial charge in [0, 0.05) is 22.7 Å². The Kier molecular flexibility index (Phi) is 8.48. The number of ether oxygens (including phenoxy) is 2. The molecule has 0 saturated carbocycles. The molecule has 0 saturated heterocycles. The van der Waals surface area contributed by atoms with Gasteiger partial charge in [-0.25, -0.2) is 4.98 Å². The van der Waals surface area contributed by atoms with E-state index in [4.69, 9.17) is 26.8 Å². The molecule has 0 aliphatic carbocycles. The highest BCUT2D eigenvalue weighted by Crippen LogP contribution is 2.35. The lowest BCUT2D eigenvalue weighted by atomic mass is 10.00. The third-order valence-corrected chi connectivity index (χ3v) is 6.66. The molecule has 4 N–H and O–H groups in total. The Morgan fingerprint density at radius 1 is 0.951 bits per heavy atom. The van der Waals surface area contributed by atoms with Crippen molar-refractivity contribution in [1.29, 1.82) is 0 Å². The number of benzene rings is 3. The van der Waals surface area contributed by atoms with Gasteiger partial charge in [-0.3, -0.25) is 0 Å². The minimum absolute atomic E-state index is 0.164. The molecule has 214 valence electrons. The van der Waals surface area contributed by atoms with Crippen molar-refractivity contribution >= 4 is 22.6 Å². The van der Waals surface area contributed by atoms with Crippen molar-refractivity contribution < 1.29 is 27.8 Å². The van der Waals surface area contributed by atoms with Gasteiger partial charge in [-0.2, -0.15) is 23.0 Å². The number of rotatable bonds is 11. The van der Waals surface area contributed by atoms with Crippen LogP contribution in [0.15, 0.2) is 66.7 Å². The van der Waals surface area contributed by atoms with Crippen molar-refractivity contribution in [2.75, 3.05) is 26.4 Å². The number of alkyl halides is 3. The monoisotopic (exact) mass is 585 g/mol. The Bertz CT molecular complexity index is 1620. The van der Waals surface area contributed by atoms with E-state index in [-0.39, 0.29) is 11.8 Å². The second-order valence-corrected chi connectivity index (χ2v) is 9.69. The molecule has 0 aliphatic rings. The predicted octanol–water partition coefficient (Wildman–Crippen LogP) is 5.93. The van der Waals surface area contributed by atoms with Gasteiger partial charge in [-0.05, 0) is 60.9 Å². The Labute approximate surface area is 238 Å². The number of hydrogen-bond acceptors (Lipinski definition) is 6. The van der Waals surface area contributed by atoms with Gasteiger partial charge in [0.2, 0.25) is 11.8 Å². The number of halogens is 4. The molecule has 2 aromatic heterocycles. The zero-order valence-electron chi connectivity index (χ0n) is 21.8. The molecule has 5 aromatic rings. The van der Waals surface area contributed by atoms with E-state index in [1.54, 1.807) is 18.2 Å². The summed E-state index contributed by atoms with van der Waals surface area (Å²) >= 11 is 6.09. The van der Waals surface area contributed by atoms with Crippen LogP contribution in [0.1, 0.15) is 16.7 Å². The molecule has 0 amide bonds. The Hall–Kier alpha value is -4.06. The van der Waals surface area contributed by atoms with E-state index >= 15 is 0 Å². The quantitative estimate of drug-likeness (QED) is 0.166. The summed E-state index contributed by atoms with van der Waals surface area (Å²) < 4.78 is 51.7. The summed E-state index contributed by atoms with van der Waals surface area (Å²) in [6.45, 7) is 1.77. The summed E-state index contributed by atoms with van der Waals surface area (Å²) in [5, 5.41) is 16.3. The average molecular weight is 586 g/mol. The molecule has 0 aliphatic heterocycles. The summed E-state index contributed by atoms with van der Waals surface area (Å²) in [6, 6.07) is 17.4. The molecule has 0 radical (unpaired) electrons. The van der Waals surface area contributed by atoms with Gasteiger partial charge >= 0.3 is 6.18 Å². The number of nitrogens with two attached hydrogens (primary N) is 1. The molecule has 0 spiro atoms. The van der Waals surface area contributed by atoms with Crippen molar-refractivity contribution in [3.63, 3.8) is 0 Å². The van der Waals surface area contributed by atoms with E-state index in [1.807, 2.05) is 24.3 Å². The third-order valence-electron chi connectivity index (χ3n) is 6.42. The lowest BCUT2D eigenvalue weighted by Crippen LogP contribution is -2.13. The van der Waals surface area contributed by atoms with Gasteiger partial charge < -0.3 is 25.3 Å². The maximum atomic E-state index is 13.2. The summed E-state index contributed by atoms with van der Waals surface area (Å²) in [5.41, 5.74) is 8.12. The van der Waals surface area contributed by atoms with Crippen LogP contribution in [0.5, 0.6) is 11.6 Å². The van der Waals surface area contributed by atoms with Crippen LogP contribution in [0.2, 0.25) is 5.02 Å². The topological polar surface area (TPSA) is 111 Å². The molecule has 8 nitrogen and oxygen atoms in total. The summed E-state index contributed by atoms with van der Waals surface area (Å²) in [5.74, 6) is 0.773. The lowest BCUT2D eigenvalue weighted by Gasteiger charge is -2.09. The molecule has 5 rings (SSSR count). The van der Waals surface area contributed by atoms with Crippen LogP contribution in [0.3, 0.4) is 0 Å². The first kappa shape index (κ1) is 28.5. The molecule has 0 unspecified atom stereocenters. The fourth-order valence-corrected chi connectivity index (χ4v) is 4.53. The van der Waals surface area contributed by atoms with Gasteiger partial charge in [0.15, 0.2) is 0 Å². The summed E-state index contributed by atoms with van der Waals surface area (Å²) in [4.78, 5) is 7.59. The molecule has 0 atom stereocenters. The highest BCUT2D eigenvalue weighted by atomic mass is 35.5. The first-order valence-corrected chi connectivity index (χ1v) is 13.2. The van der Waals surface area contributed by atoms with Gasteiger partial charge in [-0.1, -0.05) is 35.9 Å². The zero-order valence-corrected chi connectivity index (χ0v) is 22.5. The van der Waals surface area contributed by atoms with Gasteiger partial charge in [0.1, 0.15) is 18.1 Å². The van der Waals surface area contributed by atoms with Crippen molar-refractivity contribution in [1.82, 2.24) is 19.7 Å². The van der Waals surface area contributed by atoms with Crippen LogP contribution in [-0.2, 0) is 23.8 Å². The number of aromatic amines is 1. The van der Waals surface area contributed by atoms with Crippen molar-refractivity contribution in [2.24, 2.45) is 5.73 Å². The number of hydrogen-bond donors (Lipinski definition) is 3. The molecule has 0 bridgehead atoms. The minimum Gasteiger partial charge on any atom is -0.493 e. The van der Waals surface area contributed by atoms with Gasteiger partial charge in [0.25, 0.3) is 0 Å². The predicted molar refractivity (Wildman–Crippen MR) is 150 cm³/mol. The number of nitrogens with one attached hydrogen (secondary N) is 1. The van der Waals surface area contributed by atoms with E-state index in [9.17, 15) is 18.3 Å². The molecular weight excluding hydrogens is 559 g/mol. The highest BCUT2D eigenvalue weighted by Gasteiger charge is 2.30. The van der Waals surface area contributed by atoms with E-state index in [1.165, 1.54) is 16.8 Å². The highest BCUT2D eigenvalue weighted by molar-refractivity contribution is 6.31. The minimum atomic E-state index is -4.47. The third kappa shape index (κ3) is 6.64. The van der Waals surface area contributed by atoms with Crippen LogP contribution in [0.25, 0.3) is 28.2 Å². The van der Waals surface area contributed by atoms with E-state index in [2.05, 4.69) is 15.1 Å². The van der Waals surface area contributed by atoms with Crippen LogP contribution in [0.4, 0.5) is 13.2 Å². The van der Waals surface area contributed by atoms with Crippen LogP contribution in [-0.4, -0.2) is 51.2 Å². The maximum absolute atomic E-state index is 13.2. The molecule has 2 heterocycles. The molecule has 3 aromatic carbocycles. The zero-order chi connectivity index (χ0) is 29.0. The number of aromatic nitrogens is 4. The number of nitrogens with zero attached hydrogens (tertiary/aromatic N) is 3. The second-order valence-electron chi connectivity index (χ2n) is 9.25. The van der Waals surface area contributed by atoms with Crippen LogP contribution < -0.4 is 10.5 Å². The Morgan fingerprint density at radius 2 is 1.71 bits per heavy atom. The first-order chi connectivity index (χ1) is 19.7. The van der Waals surface area contributed by atoms with E-state index < -0.39 is 11.7 Å². The fraction of sp³-hybridized carbons (Fsp3) is 0.241. The largest absolute Gasteiger partial charge is 0.493 e. The Morgan fingerprint density at radius 3 is 2.41 bits per heavy atom. The number of imidazole rings is 1. The number of H-pyrrole nitrogens is 1. The standard InChI is InChI=1S/C29H27ClF3N5O3/c30-21-8-12-24-25(17-21)36-28(35-24)38-27(39)23(26(37-38)19-4-6-20(7-5-19)29(31,32)33)11-3-18-1-9-22(10-2-18)41-16-15-40-14-13-34/h1-2,4-10,12,17,39H,3,11,13-16,34H2,(H,35,36). The number of aromatic hydroxyl groups is 1. The van der Waals surface area contributed by atoms with Crippen molar-refractivity contribution in [3.05, 3.63) is 88.4 Å². The summed E-state index contributed by atoms with van der Waals surface area (Å²) in [6.07, 6.45) is -3.57. The van der Waals surface area contributed by atoms with Crippen molar-refractivity contribution in [3.8, 4) is 28.8 Å². The molecule has 0 fully saturated rings. The van der Waals surface area contributed by atoms with E-state index in [0.29, 0.717) is 77.8 Å². The SMILES string of the molecule is NCCOCCOc1ccc(CCc2c(-c3ccc(C(F)(F)F)cc3)nn(-c3nc4cc(Cl)ccc4[nH]3)c2O)cc1. The van der Waals surface area contributed by atoms with Crippen molar-refractivity contribution in [2.45, 2.75) is 19.0 Å². The molecular formula is C29H27ClF3N5O3. The molecule has 12 heteroatoms. The lowest BCUT2D eigenvalue weighted by molar-refractivity contribution is -0.137. The second kappa shape index (κ2) is 12.2.